The molecule has 1 aliphatic carbocycles. The summed E-state index contributed by atoms with van der Waals surface area (Å²) in [6.45, 7) is 4.29. The highest BCUT2D eigenvalue weighted by Crippen LogP contribution is 2.39. The van der Waals surface area contributed by atoms with Crippen LogP contribution in [-0.2, 0) is 0 Å². The molecule has 1 aromatic heterocycles. The first-order valence-electron chi connectivity index (χ1n) is 6.00. The molecule has 90 valence electrons. The molecule has 2 unspecified atom stereocenters. The van der Waals surface area contributed by atoms with Crippen LogP contribution in [0, 0.1) is 0 Å². The minimum Gasteiger partial charge on any atom is -0.493 e. The van der Waals surface area contributed by atoms with Crippen LogP contribution in [-0.4, -0.2) is 22.9 Å². The fraction of sp³-hybridized carbons (Fsp3) is 0.750. The molecule has 0 bridgehead atoms. The SMILES string of the molecule is COc1cnn(C(C)C)c1C1CCC(N)C1. The van der Waals surface area contributed by atoms with Gasteiger partial charge in [0.1, 0.15) is 0 Å². The van der Waals surface area contributed by atoms with Crippen LogP contribution in [0.2, 0.25) is 0 Å². The number of hydrogen-bond acceptors (Lipinski definition) is 3. The highest BCUT2D eigenvalue weighted by molar-refractivity contribution is 5.30. The van der Waals surface area contributed by atoms with Crippen molar-refractivity contribution in [3.8, 4) is 5.75 Å². The van der Waals surface area contributed by atoms with Crippen LogP contribution in [0.25, 0.3) is 0 Å². The Morgan fingerprint density at radius 3 is 2.75 bits per heavy atom. The predicted octanol–water partition coefficient (Wildman–Crippen LogP) is 2.07. The largest absolute Gasteiger partial charge is 0.493 e. The summed E-state index contributed by atoms with van der Waals surface area (Å²) in [5, 5.41) is 4.41. The Morgan fingerprint density at radius 1 is 1.50 bits per heavy atom. The fourth-order valence-electron chi connectivity index (χ4n) is 2.58. The van der Waals surface area contributed by atoms with Gasteiger partial charge >= 0.3 is 0 Å². The molecule has 1 saturated carbocycles. The Balaban J connectivity index is 2.32. The van der Waals surface area contributed by atoms with Crippen LogP contribution in [0.4, 0.5) is 0 Å². The summed E-state index contributed by atoms with van der Waals surface area (Å²) in [7, 11) is 1.71. The first-order chi connectivity index (χ1) is 7.63. The standard InChI is InChI=1S/C12H21N3O/c1-8(2)15-12(11(16-3)7-14-15)9-4-5-10(13)6-9/h7-10H,4-6,13H2,1-3H3. The van der Waals surface area contributed by atoms with Gasteiger partial charge in [0.25, 0.3) is 0 Å². The van der Waals surface area contributed by atoms with Crippen LogP contribution in [0.1, 0.15) is 50.8 Å². The lowest BCUT2D eigenvalue weighted by molar-refractivity contribution is 0.396. The lowest BCUT2D eigenvalue weighted by Gasteiger charge is -2.17. The van der Waals surface area contributed by atoms with Crippen LogP contribution in [0.3, 0.4) is 0 Å². The molecule has 4 nitrogen and oxygen atoms in total. The molecular formula is C12H21N3O. The number of ether oxygens (including phenoxy) is 1. The Kier molecular flexibility index (Phi) is 3.19. The maximum absolute atomic E-state index is 5.98. The van der Waals surface area contributed by atoms with Gasteiger partial charge in [-0.15, -0.1) is 0 Å². The molecule has 1 aliphatic rings. The van der Waals surface area contributed by atoms with Crippen molar-refractivity contribution in [3.05, 3.63) is 11.9 Å². The summed E-state index contributed by atoms with van der Waals surface area (Å²) < 4.78 is 7.47. The van der Waals surface area contributed by atoms with Gasteiger partial charge in [-0.1, -0.05) is 0 Å². The minimum atomic E-state index is 0.338. The quantitative estimate of drug-likeness (QED) is 0.853. The predicted molar refractivity (Wildman–Crippen MR) is 63.7 cm³/mol. The summed E-state index contributed by atoms with van der Waals surface area (Å²) >= 11 is 0. The summed E-state index contributed by atoms with van der Waals surface area (Å²) in [4.78, 5) is 0. The van der Waals surface area contributed by atoms with Crippen LogP contribution in [0.15, 0.2) is 6.20 Å². The monoisotopic (exact) mass is 223 g/mol. The van der Waals surface area contributed by atoms with Crippen molar-refractivity contribution in [2.24, 2.45) is 5.73 Å². The normalized spacial score (nSPS) is 25.3. The summed E-state index contributed by atoms with van der Waals surface area (Å²) in [5.74, 6) is 1.42. The number of rotatable bonds is 3. The zero-order valence-electron chi connectivity index (χ0n) is 10.3. The smallest absolute Gasteiger partial charge is 0.160 e. The number of nitrogens with two attached hydrogens (primary N) is 1. The lowest BCUT2D eigenvalue weighted by atomic mass is 10.0. The van der Waals surface area contributed by atoms with Gasteiger partial charge in [0.05, 0.1) is 19.0 Å². The molecule has 0 aromatic carbocycles. The fourth-order valence-corrected chi connectivity index (χ4v) is 2.58. The molecule has 4 heteroatoms. The summed E-state index contributed by atoms with van der Waals surface area (Å²) in [5.41, 5.74) is 7.21. The van der Waals surface area contributed by atoms with Crippen molar-refractivity contribution in [2.45, 2.75) is 51.1 Å². The van der Waals surface area contributed by atoms with E-state index < -0.39 is 0 Å². The first kappa shape index (κ1) is 11.5. The third-order valence-corrected chi connectivity index (χ3v) is 3.37. The van der Waals surface area contributed by atoms with Crippen molar-refractivity contribution in [3.63, 3.8) is 0 Å². The van der Waals surface area contributed by atoms with E-state index in [9.17, 15) is 0 Å². The van der Waals surface area contributed by atoms with Gasteiger partial charge in [-0.2, -0.15) is 5.10 Å². The van der Waals surface area contributed by atoms with Gasteiger partial charge < -0.3 is 10.5 Å². The molecule has 1 fully saturated rings. The van der Waals surface area contributed by atoms with Crippen LogP contribution < -0.4 is 10.5 Å². The van der Waals surface area contributed by atoms with E-state index >= 15 is 0 Å². The van der Waals surface area contributed by atoms with Gasteiger partial charge in [-0.05, 0) is 33.1 Å². The minimum absolute atomic E-state index is 0.338. The van der Waals surface area contributed by atoms with E-state index in [1.54, 1.807) is 7.11 Å². The van der Waals surface area contributed by atoms with Gasteiger partial charge in [-0.25, -0.2) is 0 Å². The molecule has 0 aliphatic heterocycles. The molecule has 0 spiro atoms. The average molecular weight is 223 g/mol. The second-order valence-corrected chi connectivity index (χ2v) is 4.91. The Bertz CT molecular complexity index is 359. The molecule has 0 radical (unpaired) electrons. The van der Waals surface area contributed by atoms with E-state index in [2.05, 4.69) is 23.6 Å². The van der Waals surface area contributed by atoms with Gasteiger partial charge in [-0.3, -0.25) is 4.68 Å². The molecule has 0 saturated heterocycles. The number of hydrogen-bond donors (Lipinski definition) is 1. The molecule has 2 N–H and O–H groups in total. The van der Waals surface area contributed by atoms with Gasteiger partial charge in [0.15, 0.2) is 5.75 Å². The van der Waals surface area contributed by atoms with E-state index in [0.717, 1.165) is 25.0 Å². The second kappa shape index (κ2) is 4.45. The van der Waals surface area contributed by atoms with E-state index in [4.69, 9.17) is 10.5 Å². The molecular weight excluding hydrogens is 202 g/mol. The number of nitrogens with zero attached hydrogens (tertiary/aromatic N) is 2. The molecule has 2 atom stereocenters. The Hall–Kier alpha value is -1.03. The third-order valence-electron chi connectivity index (χ3n) is 3.37. The van der Waals surface area contributed by atoms with Crippen LogP contribution in [0.5, 0.6) is 5.75 Å². The van der Waals surface area contributed by atoms with Crippen molar-refractivity contribution in [1.29, 1.82) is 0 Å². The lowest BCUT2D eigenvalue weighted by Crippen LogP contribution is -2.16. The van der Waals surface area contributed by atoms with E-state index in [1.807, 2.05) is 6.20 Å². The van der Waals surface area contributed by atoms with Gasteiger partial charge in [0, 0.05) is 18.0 Å². The van der Waals surface area contributed by atoms with Crippen molar-refractivity contribution in [2.75, 3.05) is 7.11 Å². The highest BCUT2D eigenvalue weighted by Gasteiger charge is 2.29. The average Bonchev–Trinajstić information content (AvgIpc) is 2.82. The molecule has 16 heavy (non-hydrogen) atoms. The maximum Gasteiger partial charge on any atom is 0.160 e. The number of aromatic nitrogens is 2. The van der Waals surface area contributed by atoms with E-state index in [-0.39, 0.29) is 0 Å². The first-order valence-corrected chi connectivity index (χ1v) is 6.00. The zero-order valence-corrected chi connectivity index (χ0v) is 10.3. The van der Waals surface area contributed by atoms with E-state index in [1.165, 1.54) is 5.69 Å². The molecule has 1 aromatic rings. The summed E-state index contributed by atoms with van der Waals surface area (Å²) in [6, 6.07) is 0.709. The van der Waals surface area contributed by atoms with Crippen molar-refractivity contribution < 1.29 is 4.74 Å². The Morgan fingerprint density at radius 2 is 2.25 bits per heavy atom. The second-order valence-electron chi connectivity index (χ2n) is 4.91. The van der Waals surface area contributed by atoms with Gasteiger partial charge in [0.2, 0.25) is 0 Å². The van der Waals surface area contributed by atoms with Crippen molar-refractivity contribution >= 4 is 0 Å². The summed E-state index contributed by atoms with van der Waals surface area (Å²) in [6.07, 6.45) is 5.13. The maximum atomic E-state index is 5.98. The molecule has 0 amide bonds. The van der Waals surface area contributed by atoms with Crippen LogP contribution >= 0.6 is 0 Å². The molecule has 1 heterocycles. The third kappa shape index (κ3) is 1.94. The van der Waals surface area contributed by atoms with Crippen molar-refractivity contribution in [1.82, 2.24) is 9.78 Å². The number of methoxy groups -OCH3 is 1. The highest BCUT2D eigenvalue weighted by atomic mass is 16.5. The Labute approximate surface area is 96.8 Å². The molecule has 2 rings (SSSR count). The topological polar surface area (TPSA) is 53.1 Å². The zero-order chi connectivity index (χ0) is 11.7. The van der Waals surface area contributed by atoms with E-state index in [0.29, 0.717) is 18.0 Å².